The Labute approximate surface area is 136 Å². The van der Waals surface area contributed by atoms with Gasteiger partial charge in [0.25, 0.3) is 0 Å². The van der Waals surface area contributed by atoms with Crippen molar-refractivity contribution in [3.8, 4) is 5.75 Å². The van der Waals surface area contributed by atoms with Gasteiger partial charge in [0.15, 0.2) is 0 Å². The first-order chi connectivity index (χ1) is 10.0. The van der Waals surface area contributed by atoms with Gasteiger partial charge in [-0.15, -0.1) is 12.4 Å². The number of ether oxygens (including phenoxy) is 1. The number of hydrogen-bond acceptors (Lipinski definition) is 3. The standard InChI is InChI=1S/C16H22F2N2O.ClH/c1-10(11-2-5-13(6-3-11)21-16(17)18)20-8-12-4-7-15(19)14(12)9-20;/h2-3,5-6,10,12,14-16H,4,7-9,19H2,1H3;1H. The highest BCUT2D eigenvalue weighted by molar-refractivity contribution is 5.85. The van der Waals surface area contributed by atoms with Gasteiger partial charge in [0.05, 0.1) is 0 Å². The Hall–Kier alpha value is -0.910. The number of nitrogens with zero attached hydrogens (tertiary/aromatic N) is 1. The van der Waals surface area contributed by atoms with Crippen molar-refractivity contribution >= 4 is 12.4 Å². The van der Waals surface area contributed by atoms with E-state index < -0.39 is 6.61 Å². The van der Waals surface area contributed by atoms with Crippen molar-refractivity contribution in [2.24, 2.45) is 17.6 Å². The van der Waals surface area contributed by atoms with Crippen LogP contribution < -0.4 is 10.5 Å². The molecule has 1 heterocycles. The molecule has 0 radical (unpaired) electrons. The molecule has 1 saturated carbocycles. The molecule has 0 bridgehead atoms. The monoisotopic (exact) mass is 332 g/mol. The molecule has 1 aliphatic heterocycles. The second-order valence-electron chi connectivity index (χ2n) is 6.24. The molecule has 6 heteroatoms. The molecule has 1 aromatic rings. The number of hydrogen-bond donors (Lipinski definition) is 1. The highest BCUT2D eigenvalue weighted by Gasteiger charge is 2.42. The quantitative estimate of drug-likeness (QED) is 0.918. The van der Waals surface area contributed by atoms with Gasteiger partial charge in [-0.3, -0.25) is 4.90 Å². The average Bonchev–Trinajstić information content (AvgIpc) is 3.01. The number of rotatable bonds is 4. The second kappa shape index (κ2) is 7.11. The van der Waals surface area contributed by atoms with E-state index in [1.165, 1.54) is 6.42 Å². The Kier molecular flexibility index (Phi) is 5.64. The fraction of sp³-hybridized carbons (Fsp3) is 0.625. The van der Waals surface area contributed by atoms with Crippen LogP contribution in [0.4, 0.5) is 8.78 Å². The van der Waals surface area contributed by atoms with E-state index in [1.54, 1.807) is 12.1 Å². The fourth-order valence-corrected chi connectivity index (χ4v) is 3.80. The minimum Gasteiger partial charge on any atom is -0.435 e. The van der Waals surface area contributed by atoms with Gasteiger partial charge < -0.3 is 10.5 Å². The van der Waals surface area contributed by atoms with Crippen molar-refractivity contribution in [1.29, 1.82) is 0 Å². The summed E-state index contributed by atoms with van der Waals surface area (Å²) in [6, 6.07) is 7.59. The summed E-state index contributed by atoms with van der Waals surface area (Å²) in [5.74, 6) is 1.55. The lowest BCUT2D eigenvalue weighted by molar-refractivity contribution is -0.0498. The van der Waals surface area contributed by atoms with Crippen LogP contribution in [0, 0.1) is 11.8 Å². The van der Waals surface area contributed by atoms with Crippen LogP contribution in [0.25, 0.3) is 0 Å². The van der Waals surface area contributed by atoms with Gasteiger partial charge in [-0.05, 0) is 49.3 Å². The van der Waals surface area contributed by atoms with E-state index >= 15 is 0 Å². The zero-order valence-electron chi connectivity index (χ0n) is 12.6. The van der Waals surface area contributed by atoms with E-state index in [2.05, 4.69) is 16.6 Å². The van der Waals surface area contributed by atoms with Gasteiger partial charge in [0, 0.05) is 25.2 Å². The summed E-state index contributed by atoms with van der Waals surface area (Å²) < 4.78 is 28.7. The van der Waals surface area contributed by atoms with Crippen molar-refractivity contribution in [1.82, 2.24) is 4.90 Å². The Balaban J connectivity index is 0.00000176. The maximum absolute atomic E-state index is 12.2. The molecular formula is C16H23ClF2N2O. The molecule has 1 aromatic carbocycles. The molecule has 0 aromatic heterocycles. The molecule has 4 atom stereocenters. The number of halogens is 3. The summed E-state index contributed by atoms with van der Waals surface area (Å²) in [6.45, 7) is 1.53. The van der Waals surface area contributed by atoms with Gasteiger partial charge in [0.2, 0.25) is 0 Å². The fourth-order valence-electron chi connectivity index (χ4n) is 3.80. The highest BCUT2D eigenvalue weighted by Crippen LogP contribution is 2.40. The second-order valence-corrected chi connectivity index (χ2v) is 6.24. The Morgan fingerprint density at radius 2 is 1.86 bits per heavy atom. The third-order valence-electron chi connectivity index (χ3n) is 5.08. The number of nitrogens with two attached hydrogens (primary N) is 1. The van der Waals surface area contributed by atoms with Crippen LogP contribution in [0.1, 0.15) is 31.4 Å². The van der Waals surface area contributed by atoms with Crippen molar-refractivity contribution in [3.63, 3.8) is 0 Å². The lowest BCUT2D eigenvalue weighted by Gasteiger charge is -2.26. The van der Waals surface area contributed by atoms with Crippen LogP contribution in [0.2, 0.25) is 0 Å². The molecule has 1 aliphatic carbocycles. The first-order valence-electron chi connectivity index (χ1n) is 7.59. The first-order valence-corrected chi connectivity index (χ1v) is 7.59. The summed E-state index contributed by atoms with van der Waals surface area (Å²) in [7, 11) is 0. The number of alkyl halides is 2. The average molecular weight is 333 g/mol. The van der Waals surface area contributed by atoms with Crippen molar-refractivity contribution in [2.75, 3.05) is 13.1 Å². The van der Waals surface area contributed by atoms with Gasteiger partial charge in [0.1, 0.15) is 5.75 Å². The van der Waals surface area contributed by atoms with Crippen LogP contribution in [0.3, 0.4) is 0 Å². The summed E-state index contributed by atoms with van der Waals surface area (Å²) in [4.78, 5) is 2.46. The number of benzene rings is 1. The number of fused-ring (bicyclic) bond motifs is 1. The van der Waals surface area contributed by atoms with Crippen LogP contribution in [0.5, 0.6) is 5.75 Å². The van der Waals surface area contributed by atoms with Crippen LogP contribution in [-0.4, -0.2) is 30.6 Å². The minimum absolute atomic E-state index is 0. The van der Waals surface area contributed by atoms with Gasteiger partial charge in [-0.2, -0.15) is 8.78 Å². The molecule has 2 aliphatic rings. The molecule has 2 fully saturated rings. The molecular weight excluding hydrogens is 310 g/mol. The molecule has 0 spiro atoms. The van der Waals surface area contributed by atoms with Crippen molar-refractivity contribution in [3.05, 3.63) is 29.8 Å². The first kappa shape index (κ1) is 17.4. The maximum atomic E-state index is 12.2. The highest BCUT2D eigenvalue weighted by atomic mass is 35.5. The molecule has 22 heavy (non-hydrogen) atoms. The topological polar surface area (TPSA) is 38.5 Å². The SMILES string of the molecule is CC(c1ccc(OC(F)F)cc1)N1CC2CCC(N)C2C1.Cl. The third-order valence-corrected chi connectivity index (χ3v) is 5.08. The van der Waals surface area contributed by atoms with Gasteiger partial charge in [-0.25, -0.2) is 0 Å². The zero-order valence-corrected chi connectivity index (χ0v) is 13.4. The Bertz CT molecular complexity index is 486. The summed E-state index contributed by atoms with van der Waals surface area (Å²) in [6.07, 6.45) is 2.38. The summed E-state index contributed by atoms with van der Waals surface area (Å²) >= 11 is 0. The van der Waals surface area contributed by atoms with Gasteiger partial charge in [-0.1, -0.05) is 12.1 Å². The molecule has 2 N–H and O–H groups in total. The third kappa shape index (κ3) is 3.53. The largest absolute Gasteiger partial charge is 0.435 e. The maximum Gasteiger partial charge on any atom is 0.387 e. The molecule has 3 rings (SSSR count). The minimum atomic E-state index is -2.77. The molecule has 124 valence electrons. The Morgan fingerprint density at radius 1 is 1.18 bits per heavy atom. The molecule has 1 saturated heterocycles. The van der Waals surface area contributed by atoms with Crippen LogP contribution >= 0.6 is 12.4 Å². The van der Waals surface area contributed by atoms with E-state index in [0.29, 0.717) is 12.0 Å². The Morgan fingerprint density at radius 3 is 2.45 bits per heavy atom. The van der Waals surface area contributed by atoms with E-state index in [9.17, 15) is 8.78 Å². The lowest BCUT2D eigenvalue weighted by Crippen LogP contribution is -2.31. The van der Waals surface area contributed by atoms with E-state index in [0.717, 1.165) is 31.0 Å². The van der Waals surface area contributed by atoms with Crippen LogP contribution in [-0.2, 0) is 0 Å². The normalized spacial score (nSPS) is 29.2. The smallest absolute Gasteiger partial charge is 0.387 e. The van der Waals surface area contributed by atoms with E-state index in [4.69, 9.17) is 5.73 Å². The lowest BCUT2D eigenvalue weighted by atomic mass is 9.98. The molecule has 4 unspecified atom stereocenters. The predicted octanol–water partition coefficient (Wildman–Crippen LogP) is 3.44. The van der Waals surface area contributed by atoms with Gasteiger partial charge >= 0.3 is 6.61 Å². The molecule has 0 amide bonds. The van der Waals surface area contributed by atoms with E-state index in [1.807, 2.05) is 12.1 Å². The summed E-state index contributed by atoms with van der Waals surface area (Å²) in [5, 5.41) is 0. The molecule has 3 nitrogen and oxygen atoms in total. The van der Waals surface area contributed by atoms with Crippen molar-refractivity contribution < 1.29 is 13.5 Å². The van der Waals surface area contributed by atoms with Crippen LogP contribution in [0.15, 0.2) is 24.3 Å². The zero-order chi connectivity index (χ0) is 15.0. The predicted molar refractivity (Wildman–Crippen MR) is 84.5 cm³/mol. The summed E-state index contributed by atoms with van der Waals surface area (Å²) in [5.41, 5.74) is 7.30. The van der Waals surface area contributed by atoms with E-state index in [-0.39, 0.29) is 24.2 Å². The van der Waals surface area contributed by atoms with Crippen molar-refractivity contribution in [2.45, 2.75) is 38.5 Å². The number of likely N-dealkylation sites (tertiary alicyclic amines) is 1.